The lowest BCUT2D eigenvalue weighted by molar-refractivity contribution is -0.119. The number of nitrogens with zero attached hydrogens (tertiary/aromatic N) is 2. The van der Waals surface area contributed by atoms with Crippen molar-refractivity contribution in [1.82, 2.24) is 9.97 Å². The predicted molar refractivity (Wildman–Crippen MR) is 87.7 cm³/mol. The molecule has 1 aromatic carbocycles. The van der Waals surface area contributed by atoms with Crippen molar-refractivity contribution in [3.8, 4) is 5.75 Å². The van der Waals surface area contributed by atoms with Crippen molar-refractivity contribution >= 4 is 11.6 Å². The van der Waals surface area contributed by atoms with Gasteiger partial charge in [0, 0.05) is 30.5 Å². The van der Waals surface area contributed by atoms with Crippen molar-refractivity contribution in [2.45, 2.75) is 31.6 Å². The Bertz CT molecular complexity index is 707. The van der Waals surface area contributed by atoms with Crippen LogP contribution in [0.5, 0.6) is 5.75 Å². The van der Waals surface area contributed by atoms with E-state index in [0.717, 1.165) is 49.4 Å². The number of benzene rings is 1. The molecule has 1 saturated carbocycles. The van der Waals surface area contributed by atoms with Gasteiger partial charge in [-0.2, -0.15) is 0 Å². The van der Waals surface area contributed by atoms with E-state index in [-0.39, 0.29) is 11.8 Å². The summed E-state index contributed by atoms with van der Waals surface area (Å²) in [5.74, 6) is 1.79. The highest BCUT2D eigenvalue weighted by atomic mass is 16.5. The molecule has 4 rings (SSSR count). The summed E-state index contributed by atoms with van der Waals surface area (Å²) in [7, 11) is 1.87. The first kappa shape index (κ1) is 14.3. The molecule has 23 heavy (non-hydrogen) atoms. The molecule has 1 fully saturated rings. The number of fused-ring (bicyclic) bond motifs is 1. The Morgan fingerprint density at radius 2 is 2.26 bits per heavy atom. The van der Waals surface area contributed by atoms with E-state index in [1.54, 1.807) is 11.2 Å². The highest BCUT2D eigenvalue weighted by Gasteiger charge is 2.33. The predicted octanol–water partition coefficient (Wildman–Crippen LogP) is 2.89. The first-order chi connectivity index (χ1) is 11.2. The van der Waals surface area contributed by atoms with Crippen molar-refractivity contribution in [3.63, 3.8) is 0 Å². The van der Waals surface area contributed by atoms with Crippen molar-refractivity contribution in [2.75, 3.05) is 18.6 Å². The third-order valence-corrected chi connectivity index (χ3v) is 4.82. The Hall–Kier alpha value is -2.30. The fourth-order valence-electron chi connectivity index (χ4n) is 3.27. The first-order valence-corrected chi connectivity index (χ1v) is 8.24. The van der Waals surface area contributed by atoms with Crippen LogP contribution in [0.3, 0.4) is 0 Å². The number of aromatic nitrogens is 2. The number of hydrogen-bond donors (Lipinski definition) is 1. The third kappa shape index (κ3) is 2.83. The van der Waals surface area contributed by atoms with Gasteiger partial charge in [-0.1, -0.05) is 0 Å². The monoisotopic (exact) mass is 311 g/mol. The molecule has 1 aliphatic heterocycles. The minimum absolute atomic E-state index is 0.229. The smallest absolute Gasteiger partial charge is 0.229 e. The molecule has 5 heteroatoms. The third-order valence-electron chi connectivity index (χ3n) is 4.82. The average molecular weight is 311 g/mol. The number of carbonyl (C=O) groups excluding carboxylic acids is 1. The second-order valence-electron chi connectivity index (χ2n) is 6.51. The molecular weight excluding hydrogens is 290 g/mol. The maximum Gasteiger partial charge on any atom is 0.229 e. The van der Waals surface area contributed by atoms with Crippen LogP contribution in [-0.2, 0) is 11.2 Å². The summed E-state index contributed by atoms with van der Waals surface area (Å²) in [6.07, 6.45) is 7.55. The van der Waals surface area contributed by atoms with Gasteiger partial charge in [-0.15, -0.1) is 0 Å². The van der Waals surface area contributed by atoms with Crippen LogP contribution in [0.25, 0.3) is 0 Å². The van der Waals surface area contributed by atoms with Crippen molar-refractivity contribution in [3.05, 3.63) is 42.0 Å². The van der Waals surface area contributed by atoms with Crippen LogP contribution in [0.1, 0.15) is 36.4 Å². The van der Waals surface area contributed by atoms with Crippen molar-refractivity contribution in [2.24, 2.45) is 5.92 Å². The molecule has 0 radical (unpaired) electrons. The number of rotatable bonds is 4. The summed E-state index contributed by atoms with van der Waals surface area (Å²) in [5, 5.41) is 0. The number of nitrogens with one attached hydrogen (secondary N) is 1. The molecule has 0 bridgehead atoms. The van der Waals surface area contributed by atoms with Gasteiger partial charge in [0.1, 0.15) is 5.75 Å². The number of H-pyrrole nitrogens is 1. The summed E-state index contributed by atoms with van der Waals surface area (Å²) in [4.78, 5) is 21.4. The van der Waals surface area contributed by atoms with Crippen LogP contribution in [-0.4, -0.2) is 29.5 Å². The molecular formula is C18H21N3O2. The molecule has 0 saturated heterocycles. The summed E-state index contributed by atoms with van der Waals surface area (Å²) >= 11 is 0. The van der Waals surface area contributed by atoms with Crippen LogP contribution >= 0.6 is 0 Å². The van der Waals surface area contributed by atoms with Gasteiger partial charge in [0.2, 0.25) is 5.91 Å². The zero-order valence-electron chi connectivity index (χ0n) is 13.3. The molecule has 2 aromatic rings. The molecule has 1 atom stereocenters. The Morgan fingerprint density at radius 1 is 1.39 bits per heavy atom. The number of amides is 1. The molecule has 1 unspecified atom stereocenters. The normalized spacial score (nSPS) is 19.8. The zero-order chi connectivity index (χ0) is 15.8. The first-order valence-electron chi connectivity index (χ1n) is 8.24. The summed E-state index contributed by atoms with van der Waals surface area (Å²) in [6.45, 7) is 0.738. The van der Waals surface area contributed by atoms with Crippen LogP contribution in [0.2, 0.25) is 0 Å². The van der Waals surface area contributed by atoms with Gasteiger partial charge in [0.25, 0.3) is 0 Å². The number of anilines is 1. The van der Waals surface area contributed by atoms with E-state index in [9.17, 15) is 4.79 Å². The van der Waals surface area contributed by atoms with Gasteiger partial charge in [-0.25, -0.2) is 4.98 Å². The largest absolute Gasteiger partial charge is 0.493 e. The van der Waals surface area contributed by atoms with Gasteiger partial charge in [-0.05, 0) is 55.4 Å². The van der Waals surface area contributed by atoms with Crippen LogP contribution in [0, 0.1) is 5.92 Å². The quantitative estimate of drug-likeness (QED) is 0.944. The Kier molecular flexibility index (Phi) is 3.56. The molecule has 1 amide bonds. The molecule has 1 aliphatic carbocycles. The average Bonchev–Trinajstić information content (AvgIpc) is 3.31. The summed E-state index contributed by atoms with van der Waals surface area (Å²) in [5.41, 5.74) is 3.29. The summed E-state index contributed by atoms with van der Waals surface area (Å²) < 4.78 is 5.80. The zero-order valence-corrected chi connectivity index (χ0v) is 13.3. The van der Waals surface area contributed by atoms with Crippen molar-refractivity contribution < 1.29 is 9.53 Å². The Labute approximate surface area is 135 Å². The molecule has 1 N–H and O–H groups in total. The lowest BCUT2D eigenvalue weighted by Gasteiger charge is -2.27. The second-order valence-corrected chi connectivity index (χ2v) is 6.51. The second kappa shape index (κ2) is 5.72. The van der Waals surface area contributed by atoms with E-state index in [2.05, 4.69) is 16.0 Å². The van der Waals surface area contributed by atoms with E-state index < -0.39 is 0 Å². The number of aromatic amines is 1. The van der Waals surface area contributed by atoms with Gasteiger partial charge in [0.15, 0.2) is 0 Å². The van der Waals surface area contributed by atoms with E-state index in [0.29, 0.717) is 5.92 Å². The van der Waals surface area contributed by atoms with Gasteiger partial charge < -0.3 is 14.6 Å². The maximum absolute atomic E-state index is 12.3. The molecule has 5 nitrogen and oxygen atoms in total. The van der Waals surface area contributed by atoms with Crippen LogP contribution < -0.4 is 9.64 Å². The Balaban J connectivity index is 1.61. The highest BCUT2D eigenvalue weighted by molar-refractivity contribution is 5.96. The van der Waals surface area contributed by atoms with E-state index >= 15 is 0 Å². The molecule has 120 valence electrons. The van der Waals surface area contributed by atoms with Gasteiger partial charge in [-0.3, -0.25) is 4.79 Å². The number of ether oxygens (including phenoxy) is 1. The molecule has 1 aromatic heterocycles. The number of carbonyl (C=O) groups is 1. The standard InChI is InChI=1S/C18H21N3O2/c1-21(18(22)12-2-3-12)15-4-5-17-16(9-15)13(6-7-23-17)8-14-10-19-11-20-14/h4-5,9-13H,2-3,6-8H2,1H3,(H,19,20). The van der Waals surface area contributed by atoms with Gasteiger partial charge in [0.05, 0.1) is 12.9 Å². The van der Waals surface area contributed by atoms with E-state index in [1.165, 1.54) is 5.56 Å². The highest BCUT2D eigenvalue weighted by Crippen LogP contribution is 2.39. The van der Waals surface area contributed by atoms with Crippen LogP contribution in [0.15, 0.2) is 30.7 Å². The maximum atomic E-state index is 12.3. The van der Waals surface area contributed by atoms with E-state index in [4.69, 9.17) is 4.74 Å². The topological polar surface area (TPSA) is 58.2 Å². The minimum Gasteiger partial charge on any atom is -0.493 e. The minimum atomic E-state index is 0.229. The molecule has 2 aliphatic rings. The fourth-order valence-corrected chi connectivity index (χ4v) is 3.27. The number of imidazole rings is 1. The van der Waals surface area contributed by atoms with Gasteiger partial charge >= 0.3 is 0 Å². The lowest BCUT2D eigenvalue weighted by atomic mass is 9.89. The molecule has 2 heterocycles. The fraction of sp³-hybridized carbons (Fsp3) is 0.444. The van der Waals surface area contributed by atoms with Crippen LogP contribution in [0.4, 0.5) is 5.69 Å². The Morgan fingerprint density at radius 3 is 3.00 bits per heavy atom. The van der Waals surface area contributed by atoms with E-state index in [1.807, 2.05) is 25.4 Å². The number of hydrogen-bond acceptors (Lipinski definition) is 3. The summed E-state index contributed by atoms with van der Waals surface area (Å²) in [6, 6.07) is 6.11. The van der Waals surface area contributed by atoms with Crippen molar-refractivity contribution in [1.29, 1.82) is 0 Å². The molecule has 0 spiro atoms. The SMILES string of the molecule is CN(C(=O)C1CC1)c1ccc2c(c1)C(Cc1cnc[nH]1)CCO2. The lowest BCUT2D eigenvalue weighted by Crippen LogP contribution is -2.28.